The highest BCUT2D eigenvalue weighted by atomic mass is 19.4. The molecule has 0 aliphatic carbocycles. The SMILES string of the molecule is Nc1n[nH]nc1COc1ccccc1C(F)(F)F. The topological polar surface area (TPSA) is 76.8 Å². The van der Waals surface area contributed by atoms with E-state index < -0.39 is 11.7 Å². The first-order chi connectivity index (χ1) is 8.48. The van der Waals surface area contributed by atoms with Crippen LogP contribution in [0.25, 0.3) is 0 Å². The van der Waals surface area contributed by atoms with Crippen LogP contribution in [0.2, 0.25) is 0 Å². The standard InChI is InChI=1S/C10H9F3N4O/c11-10(12,13)6-3-1-2-4-8(6)18-5-7-9(14)16-17-15-7/h1-4H,5H2,(H3,14,15,16,17). The first kappa shape index (κ1) is 12.2. The second kappa shape index (κ2) is 4.55. The van der Waals surface area contributed by atoms with Crippen molar-refractivity contribution in [1.29, 1.82) is 0 Å². The van der Waals surface area contributed by atoms with E-state index >= 15 is 0 Å². The first-order valence-corrected chi connectivity index (χ1v) is 4.92. The summed E-state index contributed by atoms with van der Waals surface area (Å²) >= 11 is 0. The number of nitrogens with two attached hydrogens (primary N) is 1. The number of aromatic nitrogens is 3. The fourth-order valence-electron chi connectivity index (χ4n) is 1.34. The Labute approximate surface area is 99.8 Å². The second-order valence-corrected chi connectivity index (χ2v) is 3.44. The zero-order valence-electron chi connectivity index (χ0n) is 9.03. The molecule has 0 aliphatic rings. The Morgan fingerprint density at radius 2 is 1.94 bits per heavy atom. The van der Waals surface area contributed by atoms with E-state index in [4.69, 9.17) is 10.5 Å². The van der Waals surface area contributed by atoms with Crippen molar-refractivity contribution in [3.63, 3.8) is 0 Å². The van der Waals surface area contributed by atoms with Crippen molar-refractivity contribution in [3.8, 4) is 5.75 Å². The van der Waals surface area contributed by atoms with E-state index in [1.165, 1.54) is 18.2 Å². The number of nitrogens with zero attached hydrogens (tertiary/aromatic N) is 2. The third-order valence-corrected chi connectivity index (χ3v) is 2.21. The number of hydrogen-bond donors (Lipinski definition) is 2. The normalized spacial score (nSPS) is 11.5. The molecule has 0 unspecified atom stereocenters. The number of hydrogen-bond acceptors (Lipinski definition) is 4. The molecule has 2 rings (SSSR count). The molecule has 1 heterocycles. The molecule has 8 heteroatoms. The number of ether oxygens (including phenoxy) is 1. The van der Waals surface area contributed by atoms with E-state index in [-0.39, 0.29) is 23.9 Å². The van der Waals surface area contributed by atoms with Crippen LogP contribution in [0.3, 0.4) is 0 Å². The van der Waals surface area contributed by atoms with Crippen molar-refractivity contribution >= 4 is 5.82 Å². The van der Waals surface area contributed by atoms with Crippen molar-refractivity contribution in [2.24, 2.45) is 0 Å². The number of nitrogens with one attached hydrogen (secondary N) is 1. The molecule has 0 atom stereocenters. The quantitative estimate of drug-likeness (QED) is 0.882. The van der Waals surface area contributed by atoms with Crippen LogP contribution in [0.1, 0.15) is 11.3 Å². The molecule has 96 valence electrons. The van der Waals surface area contributed by atoms with Gasteiger partial charge in [-0.1, -0.05) is 12.1 Å². The molecule has 0 saturated carbocycles. The molecular weight excluding hydrogens is 249 g/mol. The first-order valence-electron chi connectivity index (χ1n) is 4.92. The maximum Gasteiger partial charge on any atom is 0.419 e. The van der Waals surface area contributed by atoms with Crippen molar-refractivity contribution in [3.05, 3.63) is 35.5 Å². The Hall–Kier alpha value is -2.25. The van der Waals surface area contributed by atoms with Gasteiger partial charge in [0.2, 0.25) is 0 Å². The molecule has 0 amide bonds. The summed E-state index contributed by atoms with van der Waals surface area (Å²) in [7, 11) is 0. The van der Waals surface area contributed by atoms with Crippen LogP contribution in [0.5, 0.6) is 5.75 Å². The summed E-state index contributed by atoms with van der Waals surface area (Å²) in [6.45, 7) is -0.185. The van der Waals surface area contributed by atoms with E-state index in [2.05, 4.69) is 15.4 Å². The fraction of sp³-hybridized carbons (Fsp3) is 0.200. The maximum absolute atomic E-state index is 12.7. The van der Waals surface area contributed by atoms with Gasteiger partial charge in [0.05, 0.1) is 5.56 Å². The number of H-pyrrole nitrogens is 1. The number of para-hydroxylation sites is 1. The van der Waals surface area contributed by atoms with Gasteiger partial charge in [0.25, 0.3) is 0 Å². The van der Waals surface area contributed by atoms with E-state index in [1.54, 1.807) is 0 Å². The molecular formula is C10H9F3N4O. The molecule has 0 aliphatic heterocycles. The van der Waals surface area contributed by atoms with Gasteiger partial charge in [-0.2, -0.15) is 23.5 Å². The zero-order valence-corrected chi connectivity index (χ0v) is 9.03. The largest absolute Gasteiger partial charge is 0.486 e. The molecule has 0 fully saturated rings. The molecule has 5 nitrogen and oxygen atoms in total. The van der Waals surface area contributed by atoms with Gasteiger partial charge in [0, 0.05) is 0 Å². The van der Waals surface area contributed by atoms with Crippen molar-refractivity contribution in [2.75, 3.05) is 5.73 Å². The lowest BCUT2D eigenvalue weighted by atomic mass is 10.2. The van der Waals surface area contributed by atoms with E-state index in [0.717, 1.165) is 6.07 Å². The average molecular weight is 258 g/mol. The molecule has 0 radical (unpaired) electrons. The number of benzene rings is 1. The van der Waals surface area contributed by atoms with Crippen LogP contribution in [-0.2, 0) is 12.8 Å². The summed E-state index contributed by atoms with van der Waals surface area (Å²) in [6.07, 6.45) is -4.47. The van der Waals surface area contributed by atoms with E-state index in [0.29, 0.717) is 0 Å². The van der Waals surface area contributed by atoms with E-state index in [1.807, 2.05) is 0 Å². The molecule has 0 saturated heterocycles. The molecule has 3 N–H and O–H groups in total. The van der Waals surface area contributed by atoms with Gasteiger partial charge in [0.1, 0.15) is 18.1 Å². The number of anilines is 1. The minimum Gasteiger partial charge on any atom is -0.486 e. The highest BCUT2D eigenvalue weighted by molar-refractivity contribution is 5.36. The molecule has 2 aromatic rings. The van der Waals surface area contributed by atoms with Gasteiger partial charge in [-0.25, -0.2) is 0 Å². The number of aromatic amines is 1. The van der Waals surface area contributed by atoms with Gasteiger partial charge in [-0.05, 0) is 12.1 Å². The third-order valence-electron chi connectivity index (χ3n) is 2.21. The van der Waals surface area contributed by atoms with Crippen molar-refractivity contribution in [2.45, 2.75) is 12.8 Å². The Morgan fingerprint density at radius 3 is 2.56 bits per heavy atom. The number of alkyl halides is 3. The minimum atomic E-state index is -4.47. The van der Waals surface area contributed by atoms with Gasteiger partial charge >= 0.3 is 6.18 Å². The number of halogens is 3. The molecule has 18 heavy (non-hydrogen) atoms. The fourth-order valence-corrected chi connectivity index (χ4v) is 1.34. The Balaban J connectivity index is 2.17. The van der Waals surface area contributed by atoms with Gasteiger partial charge in [0.15, 0.2) is 5.82 Å². The summed E-state index contributed by atoms with van der Waals surface area (Å²) in [5, 5.41) is 9.45. The van der Waals surface area contributed by atoms with Gasteiger partial charge in [-0.15, -0.1) is 5.10 Å². The lowest BCUT2D eigenvalue weighted by Crippen LogP contribution is -2.09. The predicted octanol–water partition coefficient (Wildman–Crippen LogP) is 1.98. The summed E-state index contributed by atoms with van der Waals surface area (Å²) in [5.41, 5.74) is 4.84. The smallest absolute Gasteiger partial charge is 0.419 e. The summed E-state index contributed by atoms with van der Waals surface area (Å²) in [6, 6.07) is 4.93. The lowest BCUT2D eigenvalue weighted by Gasteiger charge is -2.12. The van der Waals surface area contributed by atoms with Crippen LogP contribution >= 0.6 is 0 Å². The zero-order chi connectivity index (χ0) is 13.2. The highest BCUT2D eigenvalue weighted by Crippen LogP contribution is 2.36. The third kappa shape index (κ3) is 2.53. The minimum absolute atomic E-state index is 0.0967. The molecule has 0 bridgehead atoms. The average Bonchev–Trinajstić information content (AvgIpc) is 2.71. The predicted molar refractivity (Wildman–Crippen MR) is 56.6 cm³/mol. The summed E-state index contributed by atoms with van der Waals surface area (Å²) in [5.74, 6) is -0.174. The van der Waals surface area contributed by atoms with Gasteiger partial charge < -0.3 is 10.5 Å². The molecule has 1 aromatic heterocycles. The Morgan fingerprint density at radius 1 is 1.22 bits per heavy atom. The Kier molecular flexibility index (Phi) is 3.09. The van der Waals surface area contributed by atoms with Gasteiger partial charge in [-0.3, -0.25) is 0 Å². The lowest BCUT2D eigenvalue weighted by molar-refractivity contribution is -0.139. The van der Waals surface area contributed by atoms with Crippen LogP contribution in [-0.4, -0.2) is 15.4 Å². The second-order valence-electron chi connectivity index (χ2n) is 3.44. The van der Waals surface area contributed by atoms with Crippen LogP contribution in [0.15, 0.2) is 24.3 Å². The van der Waals surface area contributed by atoms with Crippen LogP contribution in [0, 0.1) is 0 Å². The van der Waals surface area contributed by atoms with Crippen LogP contribution in [0.4, 0.5) is 19.0 Å². The van der Waals surface area contributed by atoms with E-state index in [9.17, 15) is 13.2 Å². The Bertz CT molecular complexity index is 538. The summed E-state index contributed by atoms with van der Waals surface area (Å²) in [4.78, 5) is 0. The summed E-state index contributed by atoms with van der Waals surface area (Å²) < 4.78 is 43.0. The molecule has 1 aromatic carbocycles. The monoisotopic (exact) mass is 258 g/mol. The van der Waals surface area contributed by atoms with Crippen molar-refractivity contribution < 1.29 is 17.9 Å². The number of rotatable bonds is 3. The molecule has 0 spiro atoms. The highest BCUT2D eigenvalue weighted by Gasteiger charge is 2.34. The van der Waals surface area contributed by atoms with Crippen LogP contribution < -0.4 is 10.5 Å². The number of nitrogen functional groups attached to an aromatic ring is 1. The maximum atomic E-state index is 12.7. The van der Waals surface area contributed by atoms with Crippen molar-refractivity contribution in [1.82, 2.24) is 15.4 Å².